The number of methoxy groups -OCH3 is 4. The molecule has 0 aromatic rings. The second-order valence-corrected chi connectivity index (χ2v) is 40.2. The van der Waals surface area contributed by atoms with Crippen LogP contribution >= 0.6 is 0 Å². The van der Waals surface area contributed by atoms with Crippen molar-refractivity contribution >= 4 is 69.9 Å². The lowest BCUT2D eigenvalue weighted by Crippen LogP contribution is -2.53. The largest absolute Gasteiger partial charge is 0.379 e. The fraction of sp³-hybridized carbons (Fsp3) is 0.794. The average Bonchev–Trinajstić information content (AvgIpc) is 1.56. The summed E-state index contributed by atoms with van der Waals surface area (Å²) in [6.45, 7) is 25.9. The molecule has 12 aliphatic rings. The van der Waals surface area contributed by atoms with Gasteiger partial charge in [-0.15, -0.1) is 0 Å². The number of fused-ring (bicyclic) bond motifs is 8. The Morgan fingerprint density at radius 3 is 0.942 bits per heavy atom. The quantitative estimate of drug-likeness (QED) is 0.132. The van der Waals surface area contributed by atoms with E-state index in [0.717, 1.165) is 154 Å². The number of amides is 4. The van der Waals surface area contributed by atoms with Crippen molar-refractivity contribution < 1.29 is 76.5 Å². The van der Waals surface area contributed by atoms with Crippen LogP contribution in [0.2, 0.25) is 0 Å². The first-order valence-corrected chi connectivity index (χ1v) is 46.0. The van der Waals surface area contributed by atoms with Gasteiger partial charge in [0, 0.05) is 105 Å². The van der Waals surface area contributed by atoms with Crippen LogP contribution in [0, 0.1) is 68.0 Å². The number of Topliss-reactive ketones (excluding diaryl/α,β-unsaturated/α-hetero) is 8. The summed E-state index contributed by atoms with van der Waals surface area (Å²) in [4.78, 5) is 166. The zero-order chi connectivity index (χ0) is 89.3. The van der Waals surface area contributed by atoms with Crippen molar-refractivity contribution in [2.75, 3.05) is 82.8 Å². The smallest absolute Gasteiger partial charge is 0.240 e. The summed E-state index contributed by atoms with van der Waals surface area (Å²) in [6.07, 6.45) is 40.2. The standard InChI is InChI=1S/C25H40N2O4.3C24H38N2O4/c1-17(28)25-14-18(25)12-10-8-7-9-11-13-19(26-5)22(30)27-16-24(4,31-6)23(2,3)21(27)20(29)15-25;1-16(27)24-13-17(24)11-9-7-6-8-10-12-18(25-4)22(29)26-15-20(30-5)23(2,3)21(26)19(28)14-24;2*1-16-21-20(28)14-24(17(2)27)13-18(24)11-9-7-6-8-10-12-19(25-4)22(29)26(21)15-23(16,3)30-5/h10,12,18-19,21,26H,7-9,11,13-16H2,1-6H3;9,11,17-18,20-21,25H,6-8,10,12-15H2,1-5H3;2*9,11,16,18-19,21,25H,6-8,10,12-15H2,1-5H3/b12-10-;3*11-9-/t18-,19+,21-,24+,25+;17-,18+,20+,21-,24+;16-,18+,19-,21-,23-,24-;16-,18-,19+,21+,23+,24+/m1101/s1. The van der Waals surface area contributed by atoms with Gasteiger partial charge in [-0.2, -0.15) is 0 Å². The number of carbonyl (C=O) groups excluding carboxylic acids is 12. The Morgan fingerprint density at radius 2 is 0.661 bits per heavy atom. The number of allylic oxidation sites excluding steroid dienone is 8. The Kier molecular flexibility index (Phi) is 33.2. The first-order valence-electron chi connectivity index (χ1n) is 46.0. The summed E-state index contributed by atoms with van der Waals surface area (Å²) >= 11 is 0. The van der Waals surface area contributed by atoms with Crippen LogP contribution in [-0.4, -0.2) is 244 Å². The fourth-order valence-corrected chi connectivity index (χ4v) is 22.4. The van der Waals surface area contributed by atoms with Crippen LogP contribution in [0.1, 0.15) is 270 Å². The van der Waals surface area contributed by atoms with Gasteiger partial charge in [-0.3, -0.25) is 57.5 Å². The molecule has 4 saturated carbocycles. The van der Waals surface area contributed by atoms with E-state index in [1.54, 1.807) is 75.7 Å². The van der Waals surface area contributed by atoms with Crippen molar-refractivity contribution in [2.24, 2.45) is 68.0 Å². The normalized spacial score (nSPS) is 40.2. The van der Waals surface area contributed by atoms with Gasteiger partial charge >= 0.3 is 0 Å². The summed E-state index contributed by atoms with van der Waals surface area (Å²) in [5.74, 6) is 0.457. The molecular weight excluding hydrogens is 1530 g/mol. The molecule has 0 aromatic carbocycles. The van der Waals surface area contributed by atoms with Crippen molar-refractivity contribution in [3.05, 3.63) is 48.6 Å². The summed E-state index contributed by atoms with van der Waals surface area (Å²) in [6, 6.07) is -3.51. The van der Waals surface area contributed by atoms with Crippen molar-refractivity contribution in [1.29, 1.82) is 0 Å². The zero-order valence-electron chi connectivity index (χ0n) is 77.7. The van der Waals surface area contributed by atoms with Gasteiger partial charge in [0.05, 0.1) is 90.9 Å². The lowest BCUT2D eigenvalue weighted by Gasteiger charge is -2.39. The molecule has 8 heterocycles. The van der Waals surface area contributed by atoms with E-state index in [9.17, 15) is 57.5 Å². The second-order valence-electron chi connectivity index (χ2n) is 40.2. The number of ketones is 8. The Labute approximate surface area is 724 Å². The van der Waals surface area contributed by atoms with E-state index in [2.05, 4.69) is 69.9 Å². The van der Waals surface area contributed by atoms with Gasteiger partial charge in [-0.1, -0.05) is 142 Å². The number of carbonyl (C=O) groups is 12. The monoisotopic (exact) mass is 1690 g/mol. The van der Waals surface area contributed by atoms with Gasteiger partial charge in [0.2, 0.25) is 23.6 Å². The van der Waals surface area contributed by atoms with Crippen LogP contribution in [-0.2, 0) is 76.5 Å². The van der Waals surface area contributed by atoms with E-state index in [4.69, 9.17) is 18.9 Å². The Balaban J connectivity index is 0.000000183. The number of ether oxygens (including phenoxy) is 4. The van der Waals surface area contributed by atoms with Crippen molar-refractivity contribution in [3.63, 3.8) is 0 Å². The highest BCUT2D eigenvalue weighted by Crippen LogP contribution is 2.62. The van der Waals surface area contributed by atoms with E-state index in [-0.39, 0.29) is 161 Å². The molecule has 4 N–H and O–H groups in total. The number of hydrogen-bond acceptors (Lipinski definition) is 20. The third-order valence-corrected chi connectivity index (χ3v) is 32.4. The Hall–Kier alpha value is -6.12. The fourth-order valence-electron chi connectivity index (χ4n) is 22.4. The molecule has 0 radical (unpaired) electrons. The predicted octanol–water partition coefficient (Wildman–Crippen LogP) is 12.0. The minimum atomic E-state index is -0.640. The van der Waals surface area contributed by atoms with E-state index in [1.165, 1.54) is 0 Å². The molecule has 4 saturated heterocycles. The molecule has 0 bridgehead atoms. The Bertz CT molecular complexity index is 3730. The number of nitrogens with zero attached hydrogens (tertiary/aromatic N) is 4. The van der Waals surface area contributed by atoms with Gasteiger partial charge in [-0.25, -0.2) is 0 Å². The molecule has 24 heteroatoms. The minimum Gasteiger partial charge on any atom is -0.379 e. The minimum absolute atomic E-state index is 0.00699. The topological polar surface area (TPSA) is 303 Å². The molecule has 0 spiro atoms. The molecule has 678 valence electrons. The molecule has 22 atom stereocenters. The molecule has 24 nitrogen and oxygen atoms in total. The lowest BCUT2D eigenvalue weighted by atomic mass is 9.71. The maximum Gasteiger partial charge on any atom is 0.240 e. The third-order valence-electron chi connectivity index (χ3n) is 32.4. The first-order chi connectivity index (χ1) is 57.1. The van der Waals surface area contributed by atoms with Crippen LogP contribution in [0.25, 0.3) is 0 Å². The number of hydrogen-bond donors (Lipinski definition) is 4. The van der Waals surface area contributed by atoms with E-state index in [1.807, 2.05) is 90.5 Å². The molecule has 8 fully saturated rings. The molecule has 121 heavy (non-hydrogen) atoms. The summed E-state index contributed by atoms with van der Waals surface area (Å²) in [5.41, 5.74) is -5.24. The highest BCUT2D eigenvalue weighted by molar-refractivity contribution is 6.01. The zero-order valence-corrected chi connectivity index (χ0v) is 77.7. The van der Waals surface area contributed by atoms with Crippen LogP contribution in [0.5, 0.6) is 0 Å². The van der Waals surface area contributed by atoms with Gasteiger partial charge in [0.25, 0.3) is 0 Å². The van der Waals surface area contributed by atoms with Crippen LogP contribution < -0.4 is 21.3 Å². The molecule has 0 aromatic heterocycles. The molecule has 12 rings (SSSR count). The SMILES string of the molecule is CN[C@H]1CCCCC/C=C\[C@@H]2C[C@@]2(C(C)=O)CC(=O)[C@@H]2[C@@H](C)[C@@](C)(OC)CN2C1=O.CN[C@H]1CCCCC/C=C\[C@@H]2C[C@@]2(C(C)=O)CC(=O)[C@@H]2[C@H](C)[C@@](C)(OC)CN2C1=O.CN[C@H]1CCCCC/C=C\[C@@H]2C[C@@]2(C(C)=O)CC(=O)[C@H]2N(C[C@H](OC)C2(C)C)C1=O.CN[C@H]1CCCCC/C=C\[C@@H]2C[C@@]2(C(C)=O)CC(=O)[C@H]2N(C[C@](C)(OC)C2(C)C)C1=O. The van der Waals surface area contributed by atoms with Gasteiger partial charge in [0.1, 0.15) is 23.1 Å². The predicted molar refractivity (Wildman–Crippen MR) is 469 cm³/mol. The van der Waals surface area contributed by atoms with E-state index in [0.29, 0.717) is 26.2 Å². The maximum atomic E-state index is 13.8. The van der Waals surface area contributed by atoms with Gasteiger partial charge in [-0.05, 0) is 203 Å². The van der Waals surface area contributed by atoms with Gasteiger partial charge in [0.15, 0.2) is 23.1 Å². The van der Waals surface area contributed by atoms with Crippen molar-refractivity contribution in [2.45, 2.75) is 341 Å². The number of likely N-dealkylation sites (N-methyl/N-ethyl adjacent to an activating group) is 4. The van der Waals surface area contributed by atoms with Crippen LogP contribution in [0.15, 0.2) is 48.6 Å². The highest BCUT2D eigenvalue weighted by Gasteiger charge is 2.67. The molecule has 0 unspecified atom stereocenters. The molecule has 4 aliphatic carbocycles. The van der Waals surface area contributed by atoms with Crippen LogP contribution in [0.3, 0.4) is 0 Å². The average molecular weight is 1690 g/mol. The number of nitrogens with one attached hydrogen (secondary N) is 4. The maximum absolute atomic E-state index is 13.8. The molecule has 4 amide bonds. The third kappa shape index (κ3) is 20.6. The Morgan fingerprint density at radius 1 is 0.372 bits per heavy atom. The van der Waals surface area contributed by atoms with Crippen molar-refractivity contribution in [3.8, 4) is 0 Å². The molecule has 8 aliphatic heterocycles. The summed E-state index contributed by atoms with van der Waals surface area (Å²) in [7, 11) is 13.8. The van der Waals surface area contributed by atoms with E-state index < -0.39 is 73.5 Å². The number of rotatable bonds is 12. The summed E-state index contributed by atoms with van der Waals surface area (Å²) in [5, 5.41) is 12.7. The highest BCUT2D eigenvalue weighted by atomic mass is 16.5. The second kappa shape index (κ2) is 40.7. The lowest BCUT2D eigenvalue weighted by molar-refractivity contribution is -0.142. The first kappa shape index (κ1) is 98.7. The summed E-state index contributed by atoms with van der Waals surface area (Å²) < 4.78 is 23.2. The van der Waals surface area contributed by atoms with Crippen LogP contribution in [0.4, 0.5) is 0 Å². The van der Waals surface area contributed by atoms with Crippen molar-refractivity contribution in [1.82, 2.24) is 40.9 Å². The van der Waals surface area contributed by atoms with Gasteiger partial charge < -0.3 is 59.8 Å². The van der Waals surface area contributed by atoms with E-state index >= 15 is 0 Å². The molecular formula is C97H154N8O16.